The number of likely N-dealkylation sites (N-methyl/N-ethyl adjacent to an activating group) is 1. The minimum atomic E-state index is -0.294. The van der Waals surface area contributed by atoms with Crippen LogP contribution >= 0.6 is 11.3 Å². The van der Waals surface area contributed by atoms with E-state index in [0.717, 1.165) is 22.1 Å². The van der Waals surface area contributed by atoms with E-state index in [1.165, 1.54) is 11.3 Å². The lowest BCUT2D eigenvalue weighted by atomic mass is 10.2. The van der Waals surface area contributed by atoms with Crippen molar-refractivity contribution < 1.29 is 14.3 Å². The second-order valence-corrected chi connectivity index (χ2v) is 5.17. The first-order chi connectivity index (χ1) is 9.17. The summed E-state index contributed by atoms with van der Waals surface area (Å²) in [5, 5.41) is 0.987. The molecular formula is C14H15NO3S. The van der Waals surface area contributed by atoms with Crippen molar-refractivity contribution >= 4 is 39.4 Å². The highest BCUT2D eigenvalue weighted by molar-refractivity contribution is 7.21. The summed E-state index contributed by atoms with van der Waals surface area (Å²) in [6, 6.07) is 7.78. The molecule has 0 spiro atoms. The summed E-state index contributed by atoms with van der Waals surface area (Å²) in [7, 11) is 1.79. The van der Waals surface area contributed by atoms with Crippen LogP contribution in [0.2, 0.25) is 0 Å². The highest BCUT2D eigenvalue weighted by Crippen LogP contribution is 2.36. The largest absolute Gasteiger partial charge is 0.465 e. The number of carbonyl (C=O) groups is 2. The van der Waals surface area contributed by atoms with E-state index in [0.29, 0.717) is 11.5 Å². The van der Waals surface area contributed by atoms with Crippen LogP contribution in [0, 0.1) is 0 Å². The van der Waals surface area contributed by atoms with Crippen molar-refractivity contribution in [2.75, 3.05) is 25.1 Å². The number of thiophene rings is 1. The molecule has 0 aliphatic carbocycles. The number of benzene rings is 1. The van der Waals surface area contributed by atoms with Crippen LogP contribution in [0.3, 0.4) is 0 Å². The van der Waals surface area contributed by atoms with Gasteiger partial charge in [0.15, 0.2) is 6.29 Å². The van der Waals surface area contributed by atoms with E-state index in [-0.39, 0.29) is 12.5 Å². The molecule has 5 heteroatoms. The quantitative estimate of drug-likeness (QED) is 0.623. The highest BCUT2D eigenvalue weighted by atomic mass is 32.1. The number of fused-ring (bicyclic) bond motifs is 1. The first-order valence-electron chi connectivity index (χ1n) is 6.00. The Hall–Kier alpha value is -1.88. The van der Waals surface area contributed by atoms with E-state index in [9.17, 15) is 9.59 Å². The zero-order chi connectivity index (χ0) is 13.8. The second-order valence-electron chi connectivity index (χ2n) is 4.09. The van der Waals surface area contributed by atoms with Gasteiger partial charge in [-0.2, -0.15) is 0 Å². The molecule has 0 bridgehead atoms. The molecule has 0 N–H and O–H groups in total. The SMILES string of the molecule is CCOC(=O)CN(C)c1c(C=O)sc2ccccc12. The molecule has 2 rings (SSSR count). The molecule has 1 aromatic heterocycles. The van der Waals surface area contributed by atoms with Crippen LogP contribution in [0.15, 0.2) is 24.3 Å². The number of hydrogen-bond acceptors (Lipinski definition) is 5. The van der Waals surface area contributed by atoms with Gasteiger partial charge in [0.2, 0.25) is 0 Å². The Kier molecular flexibility index (Phi) is 4.16. The number of hydrogen-bond donors (Lipinski definition) is 0. The van der Waals surface area contributed by atoms with Crippen LogP contribution in [0.4, 0.5) is 5.69 Å². The molecule has 1 aromatic carbocycles. The molecule has 0 atom stereocenters. The Morgan fingerprint density at radius 3 is 2.84 bits per heavy atom. The van der Waals surface area contributed by atoms with Crippen molar-refractivity contribution in [3.8, 4) is 0 Å². The Balaban J connectivity index is 2.37. The van der Waals surface area contributed by atoms with Crippen LogP contribution in [0.5, 0.6) is 0 Å². The maximum absolute atomic E-state index is 11.5. The minimum absolute atomic E-state index is 0.134. The van der Waals surface area contributed by atoms with Gasteiger partial charge in [0.25, 0.3) is 0 Å². The van der Waals surface area contributed by atoms with Crippen molar-refractivity contribution in [2.24, 2.45) is 0 Å². The van der Waals surface area contributed by atoms with Gasteiger partial charge in [-0.1, -0.05) is 18.2 Å². The third kappa shape index (κ3) is 2.76. The number of ether oxygens (including phenoxy) is 1. The van der Waals surface area contributed by atoms with Gasteiger partial charge in [-0.3, -0.25) is 9.59 Å². The van der Waals surface area contributed by atoms with Gasteiger partial charge >= 0.3 is 5.97 Å². The number of aldehydes is 1. The maximum atomic E-state index is 11.5. The first kappa shape index (κ1) is 13.5. The fraction of sp³-hybridized carbons (Fsp3) is 0.286. The molecule has 0 aliphatic heterocycles. The van der Waals surface area contributed by atoms with Crippen molar-refractivity contribution in [3.63, 3.8) is 0 Å². The van der Waals surface area contributed by atoms with Gasteiger partial charge in [-0.05, 0) is 13.0 Å². The smallest absolute Gasteiger partial charge is 0.325 e. The first-order valence-corrected chi connectivity index (χ1v) is 6.82. The fourth-order valence-electron chi connectivity index (χ4n) is 2.00. The Morgan fingerprint density at radius 2 is 2.16 bits per heavy atom. The molecule has 1 heterocycles. The highest BCUT2D eigenvalue weighted by Gasteiger charge is 2.17. The van der Waals surface area contributed by atoms with Gasteiger partial charge in [0.1, 0.15) is 6.54 Å². The van der Waals surface area contributed by atoms with Crippen molar-refractivity contribution in [1.82, 2.24) is 0 Å². The zero-order valence-corrected chi connectivity index (χ0v) is 11.7. The van der Waals surface area contributed by atoms with Crippen LogP contribution in [-0.4, -0.2) is 32.5 Å². The number of anilines is 1. The van der Waals surface area contributed by atoms with E-state index in [1.54, 1.807) is 18.9 Å². The number of rotatable bonds is 5. The molecule has 0 saturated carbocycles. The molecule has 0 fully saturated rings. The molecule has 0 radical (unpaired) electrons. The number of carbonyl (C=O) groups excluding carboxylic acids is 2. The molecular weight excluding hydrogens is 262 g/mol. The molecule has 19 heavy (non-hydrogen) atoms. The maximum Gasteiger partial charge on any atom is 0.325 e. The molecule has 0 amide bonds. The van der Waals surface area contributed by atoms with E-state index < -0.39 is 0 Å². The van der Waals surface area contributed by atoms with Crippen molar-refractivity contribution in [1.29, 1.82) is 0 Å². The van der Waals surface area contributed by atoms with Crippen LogP contribution in [0.25, 0.3) is 10.1 Å². The lowest BCUT2D eigenvalue weighted by molar-refractivity contribution is -0.141. The lowest BCUT2D eigenvalue weighted by Crippen LogP contribution is -2.27. The van der Waals surface area contributed by atoms with Crippen LogP contribution in [0.1, 0.15) is 16.6 Å². The Labute approximate surface area is 115 Å². The van der Waals surface area contributed by atoms with Gasteiger partial charge in [-0.25, -0.2) is 0 Å². The molecule has 100 valence electrons. The Bertz CT molecular complexity index is 606. The third-order valence-corrected chi connectivity index (χ3v) is 3.84. The zero-order valence-electron chi connectivity index (χ0n) is 10.9. The Morgan fingerprint density at radius 1 is 1.42 bits per heavy atom. The summed E-state index contributed by atoms with van der Waals surface area (Å²) in [4.78, 5) is 25.1. The van der Waals surface area contributed by atoms with Crippen LogP contribution in [-0.2, 0) is 9.53 Å². The lowest BCUT2D eigenvalue weighted by Gasteiger charge is -2.18. The normalized spacial score (nSPS) is 10.4. The van der Waals surface area contributed by atoms with Gasteiger partial charge < -0.3 is 9.64 Å². The molecule has 4 nitrogen and oxygen atoms in total. The van der Waals surface area contributed by atoms with Gasteiger partial charge in [0, 0.05) is 17.1 Å². The summed E-state index contributed by atoms with van der Waals surface area (Å²) in [6.45, 7) is 2.27. The summed E-state index contributed by atoms with van der Waals surface area (Å²) in [5.41, 5.74) is 0.795. The topological polar surface area (TPSA) is 46.6 Å². The average molecular weight is 277 g/mol. The van der Waals surface area contributed by atoms with E-state index in [2.05, 4.69) is 0 Å². The van der Waals surface area contributed by atoms with E-state index in [1.807, 2.05) is 24.3 Å². The standard InChI is InChI=1S/C14H15NO3S/c1-3-18-13(17)8-15(2)14-10-6-4-5-7-11(10)19-12(14)9-16/h4-7,9H,3,8H2,1-2H3. The summed E-state index contributed by atoms with van der Waals surface area (Å²) in [6.07, 6.45) is 0.835. The van der Waals surface area contributed by atoms with E-state index >= 15 is 0 Å². The van der Waals surface area contributed by atoms with Gasteiger partial charge in [-0.15, -0.1) is 11.3 Å². The summed E-state index contributed by atoms with van der Waals surface area (Å²) >= 11 is 1.43. The predicted octanol–water partition coefficient (Wildman–Crippen LogP) is 2.71. The molecule has 0 saturated heterocycles. The van der Waals surface area contributed by atoms with Gasteiger partial charge in [0.05, 0.1) is 17.2 Å². The summed E-state index contributed by atoms with van der Waals surface area (Å²) in [5.74, 6) is -0.294. The summed E-state index contributed by atoms with van der Waals surface area (Å²) < 4.78 is 5.97. The van der Waals surface area contributed by atoms with Crippen molar-refractivity contribution in [2.45, 2.75) is 6.92 Å². The second kappa shape index (κ2) is 5.84. The molecule has 2 aromatic rings. The third-order valence-electron chi connectivity index (χ3n) is 2.76. The average Bonchev–Trinajstić information content (AvgIpc) is 2.77. The van der Waals surface area contributed by atoms with Crippen LogP contribution < -0.4 is 4.90 Å². The predicted molar refractivity (Wildman–Crippen MR) is 77.1 cm³/mol. The number of nitrogens with zero attached hydrogens (tertiary/aromatic N) is 1. The van der Waals surface area contributed by atoms with Crippen molar-refractivity contribution in [3.05, 3.63) is 29.1 Å². The minimum Gasteiger partial charge on any atom is -0.465 e. The fourth-order valence-corrected chi connectivity index (χ4v) is 3.07. The van der Waals surface area contributed by atoms with E-state index in [4.69, 9.17) is 4.74 Å². The molecule has 0 aliphatic rings. The monoisotopic (exact) mass is 277 g/mol. The molecule has 0 unspecified atom stereocenters. The number of esters is 1.